The normalized spacial score (nSPS) is 22.7. The van der Waals surface area contributed by atoms with E-state index in [1.807, 2.05) is 6.07 Å². The molecule has 1 saturated carbocycles. The summed E-state index contributed by atoms with van der Waals surface area (Å²) >= 11 is 5.53. The van der Waals surface area contributed by atoms with E-state index in [0.717, 1.165) is 55.9 Å². The van der Waals surface area contributed by atoms with Crippen LogP contribution >= 0.6 is 12.2 Å². The number of fused-ring (bicyclic) bond motifs is 1. The largest absolute Gasteiger partial charge is 0.339 e. The van der Waals surface area contributed by atoms with Gasteiger partial charge in [0.05, 0.1) is 0 Å². The van der Waals surface area contributed by atoms with Crippen molar-refractivity contribution in [2.45, 2.75) is 83.1 Å². The monoisotopic (exact) mass is 371 g/mol. The minimum atomic E-state index is 0.411. The first-order valence-electron chi connectivity index (χ1n) is 10.6. The molecule has 2 aliphatic rings. The van der Waals surface area contributed by atoms with Crippen molar-refractivity contribution < 1.29 is 4.79 Å². The number of carbonyl (C=O) groups excluding carboxylic acids is 1. The molecule has 0 aromatic heterocycles. The summed E-state index contributed by atoms with van der Waals surface area (Å²) < 4.78 is 0. The maximum atomic E-state index is 12.7. The molecule has 3 rings (SSSR count). The molecule has 0 N–H and O–H groups in total. The molecule has 1 aromatic carbocycles. The number of likely N-dealkylation sites (tertiary alicyclic amines) is 1. The molecule has 0 radical (unpaired) electrons. The van der Waals surface area contributed by atoms with Crippen LogP contribution in [-0.4, -0.2) is 28.3 Å². The van der Waals surface area contributed by atoms with E-state index in [-0.39, 0.29) is 0 Å². The molecule has 26 heavy (non-hydrogen) atoms. The number of nitrogens with zero attached hydrogens (tertiary/aromatic N) is 1. The quantitative estimate of drug-likeness (QED) is 0.429. The van der Waals surface area contributed by atoms with Crippen molar-refractivity contribution in [3.05, 3.63) is 35.9 Å². The van der Waals surface area contributed by atoms with Gasteiger partial charge in [0.25, 0.3) is 0 Å². The summed E-state index contributed by atoms with van der Waals surface area (Å²) in [5, 5.41) is 0. The molecule has 2 unspecified atom stereocenters. The van der Waals surface area contributed by atoms with Gasteiger partial charge < -0.3 is 4.90 Å². The summed E-state index contributed by atoms with van der Waals surface area (Å²) in [4.78, 5) is 16.1. The Bertz CT molecular complexity index is 583. The van der Waals surface area contributed by atoms with Gasteiger partial charge in [0.1, 0.15) is 0 Å². The molecule has 1 saturated heterocycles. The average molecular weight is 372 g/mol. The second kappa shape index (κ2) is 10.2. The lowest BCUT2D eigenvalue weighted by Crippen LogP contribution is -2.49. The Labute approximate surface area is 164 Å². The molecule has 1 aliphatic heterocycles. The van der Waals surface area contributed by atoms with Gasteiger partial charge in [-0.1, -0.05) is 61.8 Å². The van der Waals surface area contributed by atoms with Gasteiger partial charge in [-0.05, 0) is 61.3 Å². The van der Waals surface area contributed by atoms with Gasteiger partial charge in [-0.3, -0.25) is 4.79 Å². The molecular formula is C23H33NOS. The summed E-state index contributed by atoms with van der Waals surface area (Å²) in [6.07, 6.45) is 13.7. The van der Waals surface area contributed by atoms with Crippen molar-refractivity contribution in [1.82, 2.24) is 4.90 Å². The summed E-state index contributed by atoms with van der Waals surface area (Å²) in [6, 6.07) is 11.0. The minimum Gasteiger partial charge on any atom is -0.339 e. The maximum absolute atomic E-state index is 12.7. The summed E-state index contributed by atoms with van der Waals surface area (Å²) in [5.41, 5.74) is 1.31. The lowest BCUT2D eigenvalue weighted by Gasteiger charge is -2.44. The van der Waals surface area contributed by atoms with Gasteiger partial charge in [-0.25, -0.2) is 0 Å². The van der Waals surface area contributed by atoms with Gasteiger partial charge in [-0.2, -0.15) is 0 Å². The highest BCUT2D eigenvalue weighted by Crippen LogP contribution is 2.35. The number of piperidine rings is 1. The average Bonchev–Trinajstić information content (AvgIpc) is 2.68. The number of benzene rings is 1. The highest BCUT2D eigenvalue weighted by atomic mass is 32.1. The summed E-state index contributed by atoms with van der Waals surface area (Å²) in [6.45, 7) is 1.00. The third-order valence-electron chi connectivity index (χ3n) is 6.15. The molecule has 1 aliphatic carbocycles. The van der Waals surface area contributed by atoms with Crippen LogP contribution in [0.3, 0.4) is 0 Å². The Balaban J connectivity index is 1.32. The second-order valence-corrected chi connectivity index (χ2v) is 8.68. The fourth-order valence-corrected chi connectivity index (χ4v) is 5.08. The SMILES string of the molecule is O=C(CCCCCC(=S)Cc1ccccc1)N1CCCC2CCCCC21. The van der Waals surface area contributed by atoms with Crippen LogP contribution in [0.2, 0.25) is 0 Å². The second-order valence-electron chi connectivity index (χ2n) is 8.10. The molecule has 1 aromatic rings. The van der Waals surface area contributed by atoms with Crippen LogP contribution in [0.1, 0.15) is 76.2 Å². The zero-order valence-corrected chi connectivity index (χ0v) is 16.8. The molecule has 0 spiro atoms. The molecular weight excluding hydrogens is 338 g/mol. The summed E-state index contributed by atoms with van der Waals surface area (Å²) in [5.74, 6) is 1.20. The lowest BCUT2D eigenvalue weighted by molar-refractivity contribution is -0.137. The highest BCUT2D eigenvalue weighted by Gasteiger charge is 2.35. The van der Waals surface area contributed by atoms with Gasteiger partial charge in [0.2, 0.25) is 5.91 Å². The molecule has 2 atom stereocenters. The van der Waals surface area contributed by atoms with Crippen LogP contribution in [0.25, 0.3) is 0 Å². The summed E-state index contributed by atoms with van der Waals surface area (Å²) in [7, 11) is 0. The van der Waals surface area contributed by atoms with Crippen molar-refractivity contribution in [1.29, 1.82) is 0 Å². The van der Waals surface area contributed by atoms with E-state index in [0.29, 0.717) is 11.9 Å². The van der Waals surface area contributed by atoms with Crippen LogP contribution in [0, 0.1) is 5.92 Å². The molecule has 2 fully saturated rings. The Morgan fingerprint density at radius 3 is 2.54 bits per heavy atom. The van der Waals surface area contributed by atoms with Gasteiger partial charge in [0.15, 0.2) is 0 Å². The standard InChI is InChI=1S/C23H33NOS/c25-23(24-17-9-13-20-12-7-8-15-22(20)24)16-6-2-5-14-21(26)18-19-10-3-1-4-11-19/h1,3-4,10-11,20,22H,2,5-9,12-18H2. The van der Waals surface area contributed by atoms with Crippen LogP contribution < -0.4 is 0 Å². The Morgan fingerprint density at radius 2 is 1.69 bits per heavy atom. The Kier molecular flexibility index (Phi) is 7.67. The van der Waals surface area contributed by atoms with Crippen LogP contribution in [-0.2, 0) is 11.2 Å². The van der Waals surface area contributed by atoms with E-state index in [4.69, 9.17) is 12.2 Å². The number of thiocarbonyl (C=S) groups is 1. The van der Waals surface area contributed by atoms with Crippen molar-refractivity contribution in [2.24, 2.45) is 5.92 Å². The molecule has 1 heterocycles. The Morgan fingerprint density at radius 1 is 0.962 bits per heavy atom. The van der Waals surface area contributed by atoms with Gasteiger partial charge >= 0.3 is 0 Å². The van der Waals surface area contributed by atoms with E-state index in [1.54, 1.807) is 0 Å². The first-order valence-corrected chi connectivity index (χ1v) is 11.0. The third-order valence-corrected chi connectivity index (χ3v) is 6.50. The first kappa shape index (κ1) is 19.5. The maximum Gasteiger partial charge on any atom is 0.222 e. The van der Waals surface area contributed by atoms with Crippen molar-refractivity contribution in [2.75, 3.05) is 6.54 Å². The smallest absolute Gasteiger partial charge is 0.222 e. The highest BCUT2D eigenvalue weighted by molar-refractivity contribution is 7.80. The van der Waals surface area contributed by atoms with Gasteiger partial charge in [0, 0.05) is 25.4 Å². The predicted molar refractivity (Wildman–Crippen MR) is 113 cm³/mol. The fraction of sp³-hybridized carbons (Fsp3) is 0.652. The minimum absolute atomic E-state index is 0.411. The van der Waals surface area contributed by atoms with Gasteiger partial charge in [-0.15, -0.1) is 0 Å². The first-order chi connectivity index (χ1) is 12.7. The number of carbonyl (C=O) groups is 1. The zero-order valence-electron chi connectivity index (χ0n) is 16.0. The van der Waals surface area contributed by atoms with Crippen molar-refractivity contribution >= 4 is 23.0 Å². The molecule has 142 valence electrons. The van der Waals surface area contributed by atoms with Crippen LogP contribution in [0.15, 0.2) is 30.3 Å². The van der Waals surface area contributed by atoms with Crippen molar-refractivity contribution in [3.63, 3.8) is 0 Å². The van der Waals surface area contributed by atoms with Crippen LogP contribution in [0.4, 0.5) is 0 Å². The van der Waals surface area contributed by atoms with E-state index in [9.17, 15) is 4.79 Å². The number of rotatable bonds is 8. The number of hydrogen-bond donors (Lipinski definition) is 0. The van der Waals surface area contributed by atoms with E-state index in [1.165, 1.54) is 44.1 Å². The zero-order chi connectivity index (χ0) is 18.2. The lowest BCUT2D eigenvalue weighted by atomic mass is 9.78. The van der Waals surface area contributed by atoms with E-state index >= 15 is 0 Å². The van der Waals surface area contributed by atoms with E-state index in [2.05, 4.69) is 29.2 Å². The third kappa shape index (κ3) is 5.64. The topological polar surface area (TPSA) is 20.3 Å². The molecule has 3 heteroatoms. The van der Waals surface area contributed by atoms with Crippen molar-refractivity contribution in [3.8, 4) is 0 Å². The van der Waals surface area contributed by atoms with E-state index < -0.39 is 0 Å². The number of amides is 1. The van der Waals surface area contributed by atoms with Crippen LogP contribution in [0.5, 0.6) is 0 Å². The molecule has 0 bridgehead atoms. The number of hydrogen-bond acceptors (Lipinski definition) is 2. The predicted octanol–water partition coefficient (Wildman–Crippen LogP) is 5.73. The number of unbranched alkanes of at least 4 members (excludes halogenated alkanes) is 2. The molecule has 2 nitrogen and oxygen atoms in total. The Hall–Kier alpha value is -1.22. The molecule has 1 amide bonds. The fourth-order valence-electron chi connectivity index (χ4n) is 4.77.